The van der Waals surface area contributed by atoms with E-state index >= 15 is 0 Å². The summed E-state index contributed by atoms with van der Waals surface area (Å²) in [5, 5.41) is 5.71. The molecule has 90 valence electrons. The second-order valence-corrected chi connectivity index (χ2v) is 5.86. The summed E-state index contributed by atoms with van der Waals surface area (Å²) >= 11 is 10.9. The van der Waals surface area contributed by atoms with E-state index in [0.29, 0.717) is 11.6 Å². The van der Waals surface area contributed by atoms with Gasteiger partial charge in [-0.15, -0.1) is 11.3 Å². The van der Waals surface area contributed by atoms with Gasteiger partial charge in [0.05, 0.1) is 0 Å². The summed E-state index contributed by atoms with van der Waals surface area (Å²) in [5.74, 6) is -0.299. The molecule has 1 nitrogen and oxygen atoms in total. The Labute approximate surface area is 117 Å². The van der Waals surface area contributed by atoms with E-state index in [9.17, 15) is 4.39 Å². The molecule has 1 aromatic heterocycles. The number of rotatable bonds is 4. The average Bonchev–Trinajstić information content (AvgIpc) is 2.63. The highest BCUT2D eigenvalue weighted by Gasteiger charge is 2.02. The van der Waals surface area contributed by atoms with Gasteiger partial charge >= 0.3 is 0 Å². The van der Waals surface area contributed by atoms with Crippen molar-refractivity contribution in [3.8, 4) is 0 Å². The van der Waals surface area contributed by atoms with Crippen molar-refractivity contribution in [2.24, 2.45) is 0 Å². The summed E-state index contributed by atoms with van der Waals surface area (Å²) in [6, 6.07) is 6.57. The maximum atomic E-state index is 13.1. The van der Waals surface area contributed by atoms with Crippen molar-refractivity contribution in [2.45, 2.75) is 13.1 Å². The zero-order valence-corrected chi connectivity index (χ0v) is 12.0. The molecule has 1 N–H and O–H groups in total. The van der Waals surface area contributed by atoms with Crippen molar-refractivity contribution < 1.29 is 4.39 Å². The Kier molecular flexibility index (Phi) is 4.56. The van der Waals surface area contributed by atoms with Gasteiger partial charge in [0.2, 0.25) is 0 Å². The number of thiophene rings is 1. The maximum Gasteiger partial charge on any atom is 0.125 e. The fourth-order valence-corrected chi connectivity index (χ4v) is 3.19. The van der Waals surface area contributed by atoms with Crippen LogP contribution in [0, 0.1) is 5.82 Å². The Hall–Kier alpha value is -0.420. The molecule has 0 amide bonds. The summed E-state index contributed by atoms with van der Waals surface area (Å²) in [7, 11) is 0. The van der Waals surface area contributed by atoms with Crippen LogP contribution in [0.5, 0.6) is 0 Å². The second-order valence-electron chi connectivity index (χ2n) is 3.57. The van der Waals surface area contributed by atoms with Gasteiger partial charge in [0, 0.05) is 27.5 Å². The molecule has 0 aliphatic heterocycles. The van der Waals surface area contributed by atoms with Crippen molar-refractivity contribution in [3.63, 3.8) is 0 Å². The van der Waals surface area contributed by atoms with Crippen molar-refractivity contribution in [2.75, 3.05) is 0 Å². The lowest BCUT2D eigenvalue weighted by molar-refractivity contribution is 0.620. The van der Waals surface area contributed by atoms with Gasteiger partial charge in [0.25, 0.3) is 0 Å². The van der Waals surface area contributed by atoms with Crippen LogP contribution in [0.1, 0.15) is 10.4 Å². The molecule has 0 atom stereocenters. The minimum Gasteiger partial charge on any atom is -0.308 e. The molecule has 0 fully saturated rings. The van der Waals surface area contributed by atoms with Crippen LogP contribution in [0.15, 0.2) is 34.1 Å². The SMILES string of the molecule is Fc1cc(Cl)cc(CNCc2sccc2Br)c1. The molecule has 0 bridgehead atoms. The van der Waals surface area contributed by atoms with Crippen LogP contribution in [-0.4, -0.2) is 0 Å². The number of nitrogens with one attached hydrogen (secondary N) is 1. The predicted octanol–water partition coefficient (Wildman–Crippen LogP) is 4.59. The molecule has 2 aromatic rings. The fourth-order valence-electron chi connectivity index (χ4n) is 1.48. The fraction of sp³-hybridized carbons (Fsp3) is 0.167. The highest BCUT2D eigenvalue weighted by atomic mass is 79.9. The number of halogens is 3. The largest absolute Gasteiger partial charge is 0.308 e. The van der Waals surface area contributed by atoms with Gasteiger partial charge < -0.3 is 5.32 Å². The normalized spacial score (nSPS) is 10.8. The van der Waals surface area contributed by atoms with Crippen LogP contribution in [0.25, 0.3) is 0 Å². The van der Waals surface area contributed by atoms with Gasteiger partial charge in [-0.2, -0.15) is 0 Å². The van der Waals surface area contributed by atoms with Gasteiger partial charge in [-0.1, -0.05) is 11.6 Å². The molecule has 0 saturated heterocycles. The summed E-state index contributed by atoms with van der Waals surface area (Å²) in [6.45, 7) is 1.36. The van der Waals surface area contributed by atoms with Gasteiger partial charge in [0.15, 0.2) is 0 Å². The third-order valence-corrected chi connectivity index (χ3v) is 4.37. The summed E-state index contributed by atoms with van der Waals surface area (Å²) < 4.78 is 14.2. The lowest BCUT2D eigenvalue weighted by Crippen LogP contribution is -2.12. The monoisotopic (exact) mass is 333 g/mol. The first-order valence-corrected chi connectivity index (χ1v) is 7.08. The Morgan fingerprint density at radius 2 is 2.12 bits per heavy atom. The Morgan fingerprint density at radius 1 is 1.29 bits per heavy atom. The molecule has 5 heteroatoms. The van der Waals surface area contributed by atoms with E-state index in [1.54, 1.807) is 17.4 Å². The molecule has 0 unspecified atom stereocenters. The van der Waals surface area contributed by atoms with Crippen LogP contribution in [0.2, 0.25) is 5.02 Å². The van der Waals surface area contributed by atoms with E-state index in [-0.39, 0.29) is 5.82 Å². The van der Waals surface area contributed by atoms with E-state index < -0.39 is 0 Å². The van der Waals surface area contributed by atoms with Crippen molar-refractivity contribution in [3.05, 3.63) is 55.4 Å². The first-order valence-electron chi connectivity index (χ1n) is 5.03. The third-order valence-electron chi connectivity index (χ3n) is 2.23. The van der Waals surface area contributed by atoms with Gasteiger partial charge in [-0.3, -0.25) is 0 Å². The van der Waals surface area contributed by atoms with E-state index in [1.165, 1.54) is 17.0 Å². The zero-order valence-electron chi connectivity index (χ0n) is 8.84. The predicted molar refractivity (Wildman–Crippen MR) is 74.0 cm³/mol. The van der Waals surface area contributed by atoms with Crippen molar-refractivity contribution in [1.29, 1.82) is 0 Å². The number of hydrogen-bond acceptors (Lipinski definition) is 2. The van der Waals surface area contributed by atoms with Crippen LogP contribution in [0.3, 0.4) is 0 Å². The van der Waals surface area contributed by atoms with Gasteiger partial charge in [-0.05, 0) is 51.1 Å². The number of benzene rings is 1. The minimum atomic E-state index is -0.299. The van der Waals surface area contributed by atoms with Crippen LogP contribution >= 0.6 is 38.9 Å². The maximum absolute atomic E-state index is 13.1. The molecular weight excluding hydrogens is 325 g/mol. The first-order chi connectivity index (χ1) is 8.15. The topological polar surface area (TPSA) is 12.0 Å². The third kappa shape index (κ3) is 3.78. The van der Waals surface area contributed by atoms with Crippen LogP contribution in [0.4, 0.5) is 4.39 Å². The van der Waals surface area contributed by atoms with Crippen LogP contribution < -0.4 is 5.32 Å². The van der Waals surface area contributed by atoms with Crippen LogP contribution in [-0.2, 0) is 13.1 Å². The Balaban J connectivity index is 1.92. The Bertz CT molecular complexity index is 495. The van der Waals surface area contributed by atoms with Crippen molar-refractivity contribution in [1.82, 2.24) is 5.32 Å². The van der Waals surface area contributed by atoms with E-state index in [1.807, 2.05) is 11.4 Å². The zero-order chi connectivity index (χ0) is 12.3. The molecule has 2 rings (SSSR count). The lowest BCUT2D eigenvalue weighted by atomic mass is 10.2. The molecular formula is C12H10BrClFNS. The molecule has 1 heterocycles. The molecule has 0 spiro atoms. The minimum absolute atomic E-state index is 0.299. The van der Waals surface area contributed by atoms with E-state index in [4.69, 9.17) is 11.6 Å². The van der Waals surface area contributed by atoms with Gasteiger partial charge in [0.1, 0.15) is 5.82 Å². The smallest absolute Gasteiger partial charge is 0.125 e. The lowest BCUT2D eigenvalue weighted by Gasteiger charge is -2.05. The molecule has 0 aliphatic rings. The second kappa shape index (κ2) is 5.96. The highest BCUT2D eigenvalue weighted by molar-refractivity contribution is 9.10. The van der Waals surface area contributed by atoms with Gasteiger partial charge in [-0.25, -0.2) is 4.39 Å². The summed E-state index contributed by atoms with van der Waals surface area (Å²) in [6.07, 6.45) is 0. The standard InChI is InChI=1S/C12H10BrClFNS/c13-11-1-2-17-12(11)7-16-6-8-3-9(14)5-10(15)4-8/h1-5,16H,6-7H2. The van der Waals surface area contributed by atoms with E-state index in [2.05, 4.69) is 21.2 Å². The molecule has 0 saturated carbocycles. The van der Waals surface area contributed by atoms with Crippen molar-refractivity contribution >= 4 is 38.9 Å². The summed E-state index contributed by atoms with van der Waals surface area (Å²) in [5.41, 5.74) is 0.850. The molecule has 0 aliphatic carbocycles. The molecule has 1 aromatic carbocycles. The average molecular weight is 335 g/mol. The molecule has 17 heavy (non-hydrogen) atoms. The highest BCUT2D eigenvalue weighted by Crippen LogP contribution is 2.22. The quantitative estimate of drug-likeness (QED) is 0.862. The van der Waals surface area contributed by atoms with E-state index in [0.717, 1.165) is 16.6 Å². The number of hydrogen-bond donors (Lipinski definition) is 1. The first kappa shape index (κ1) is 13.0. The molecule has 0 radical (unpaired) electrons. The summed E-state index contributed by atoms with van der Waals surface area (Å²) in [4.78, 5) is 1.23. The Morgan fingerprint density at radius 3 is 2.76 bits per heavy atom.